The molecule has 22 heavy (non-hydrogen) atoms. The van der Waals surface area contributed by atoms with Gasteiger partial charge >= 0.3 is 0 Å². The summed E-state index contributed by atoms with van der Waals surface area (Å²) in [6.07, 6.45) is 2.18. The third kappa shape index (κ3) is 2.05. The number of hydrogen-bond acceptors (Lipinski definition) is 4. The summed E-state index contributed by atoms with van der Waals surface area (Å²) in [6.45, 7) is 0.853. The van der Waals surface area contributed by atoms with Crippen LogP contribution >= 0.6 is 22.9 Å². The van der Waals surface area contributed by atoms with Crippen LogP contribution in [0.3, 0.4) is 0 Å². The Balaban J connectivity index is 1.70. The molecular formula is C14H11ClN4O2S. The standard InChI is InChI=1S/C14H11ClN4O2S/c15-11-2-1-10(22-11)14(21)18-6-4-8-9(7-18)17-12-3-5-16-19(12)13(8)20/h1-3,5,16H,4,6-7H2. The monoisotopic (exact) mass is 334 g/mol. The third-order valence-corrected chi connectivity index (χ3v) is 4.99. The van der Waals surface area contributed by atoms with Gasteiger partial charge in [-0.2, -0.15) is 0 Å². The maximum absolute atomic E-state index is 12.5. The molecule has 0 spiro atoms. The molecule has 1 aliphatic heterocycles. The second kappa shape index (κ2) is 4.96. The van der Waals surface area contributed by atoms with Crippen LogP contribution in [0.25, 0.3) is 5.65 Å². The molecule has 3 aromatic heterocycles. The summed E-state index contributed by atoms with van der Waals surface area (Å²) < 4.78 is 2.01. The van der Waals surface area contributed by atoms with E-state index in [9.17, 15) is 9.59 Å². The summed E-state index contributed by atoms with van der Waals surface area (Å²) in [5.74, 6) is -0.0707. The summed E-state index contributed by atoms with van der Waals surface area (Å²) in [4.78, 5) is 31.6. The minimum absolute atomic E-state index is 0.0707. The Morgan fingerprint density at radius 2 is 2.23 bits per heavy atom. The van der Waals surface area contributed by atoms with Gasteiger partial charge in [-0.1, -0.05) is 11.6 Å². The Labute approximate surface area is 133 Å². The summed E-state index contributed by atoms with van der Waals surface area (Å²) in [7, 11) is 0. The second-order valence-electron chi connectivity index (χ2n) is 5.08. The molecule has 1 aliphatic rings. The van der Waals surface area contributed by atoms with E-state index in [0.29, 0.717) is 45.6 Å². The number of halogens is 1. The van der Waals surface area contributed by atoms with Crippen molar-refractivity contribution >= 4 is 34.5 Å². The summed E-state index contributed by atoms with van der Waals surface area (Å²) in [5.41, 5.74) is 1.83. The number of aromatic nitrogens is 3. The number of hydrogen-bond donors (Lipinski definition) is 1. The first kappa shape index (κ1) is 13.5. The predicted octanol–water partition coefficient (Wildman–Crippen LogP) is 1.94. The highest BCUT2D eigenvalue weighted by molar-refractivity contribution is 7.17. The van der Waals surface area contributed by atoms with Crippen molar-refractivity contribution in [1.29, 1.82) is 0 Å². The third-order valence-electron chi connectivity index (χ3n) is 3.77. The molecule has 0 bridgehead atoms. The number of thiophene rings is 1. The predicted molar refractivity (Wildman–Crippen MR) is 83.6 cm³/mol. The quantitative estimate of drug-likeness (QED) is 0.739. The molecule has 0 aromatic carbocycles. The number of amides is 1. The molecule has 4 heterocycles. The van der Waals surface area contributed by atoms with Crippen LogP contribution < -0.4 is 5.56 Å². The van der Waals surface area contributed by atoms with Crippen molar-refractivity contribution in [3.63, 3.8) is 0 Å². The zero-order valence-electron chi connectivity index (χ0n) is 11.4. The minimum Gasteiger partial charge on any atom is -0.332 e. The molecule has 0 aliphatic carbocycles. The first-order valence-electron chi connectivity index (χ1n) is 6.76. The van der Waals surface area contributed by atoms with Gasteiger partial charge in [0.15, 0.2) is 5.65 Å². The van der Waals surface area contributed by atoms with Gasteiger partial charge in [-0.05, 0) is 18.6 Å². The molecule has 1 amide bonds. The average Bonchev–Trinajstić information content (AvgIpc) is 3.15. The van der Waals surface area contributed by atoms with Crippen LogP contribution in [0.2, 0.25) is 4.34 Å². The van der Waals surface area contributed by atoms with Crippen molar-refractivity contribution in [3.05, 3.63) is 55.2 Å². The van der Waals surface area contributed by atoms with Crippen LogP contribution in [-0.4, -0.2) is 31.9 Å². The van der Waals surface area contributed by atoms with E-state index in [4.69, 9.17) is 11.6 Å². The number of carbonyl (C=O) groups excluding carboxylic acids is 1. The molecule has 0 atom stereocenters. The summed E-state index contributed by atoms with van der Waals surface area (Å²) in [5, 5.41) is 2.85. The molecule has 0 unspecified atom stereocenters. The van der Waals surface area contributed by atoms with E-state index in [0.717, 1.165) is 0 Å². The number of nitrogens with one attached hydrogen (secondary N) is 1. The fourth-order valence-corrected chi connectivity index (χ4v) is 3.70. The van der Waals surface area contributed by atoms with E-state index < -0.39 is 0 Å². The van der Waals surface area contributed by atoms with Gasteiger partial charge in [-0.3, -0.25) is 14.7 Å². The van der Waals surface area contributed by atoms with Crippen molar-refractivity contribution in [2.45, 2.75) is 13.0 Å². The largest absolute Gasteiger partial charge is 0.332 e. The Bertz CT molecular complexity index is 942. The van der Waals surface area contributed by atoms with Gasteiger partial charge in [-0.15, -0.1) is 11.3 Å². The lowest BCUT2D eigenvalue weighted by Crippen LogP contribution is -2.39. The van der Waals surface area contributed by atoms with Crippen molar-refractivity contribution in [3.8, 4) is 0 Å². The van der Waals surface area contributed by atoms with E-state index in [-0.39, 0.29) is 11.5 Å². The number of H-pyrrole nitrogens is 1. The summed E-state index contributed by atoms with van der Waals surface area (Å²) >= 11 is 7.15. The Morgan fingerprint density at radius 3 is 3.00 bits per heavy atom. The van der Waals surface area contributed by atoms with Crippen molar-refractivity contribution in [1.82, 2.24) is 19.5 Å². The van der Waals surface area contributed by atoms with Gasteiger partial charge in [0.1, 0.15) is 0 Å². The Hall–Kier alpha value is -2.12. The van der Waals surface area contributed by atoms with E-state index in [1.54, 1.807) is 29.3 Å². The molecule has 0 saturated carbocycles. The highest BCUT2D eigenvalue weighted by Crippen LogP contribution is 2.24. The first-order chi connectivity index (χ1) is 10.6. The SMILES string of the molecule is O=C(c1ccc(Cl)s1)N1CCc2c(nc3cc[nH]n3c2=O)C1. The maximum atomic E-state index is 12.5. The van der Waals surface area contributed by atoms with E-state index in [1.807, 2.05) is 0 Å². The van der Waals surface area contributed by atoms with Gasteiger partial charge in [0, 0.05) is 24.4 Å². The zero-order valence-corrected chi connectivity index (χ0v) is 12.9. The smallest absolute Gasteiger partial charge is 0.276 e. The highest BCUT2D eigenvalue weighted by Gasteiger charge is 2.26. The van der Waals surface area contributed by atoms with Crippen molar-refractivity contribution in [2.75, 3.05) is 6.54 Å². The summed E-state index contributed by atoms with van der Waals surface area (Å²) in [6, 6.07) is 5.18. The topological polar surface area (TPSA) is 70.5 Å². The molecule has 4 rings (SSSR count). The molecule has 3 aromatic rings. The van der Waals surface area contributed by atoms with Gasteiger partial charge in [0.25, 0.3) is 11.5 Å². The minimum atomic E-state index is -0.0868. The Kier molecular flexibility index (Phi) is 3.05. The van der Waals surface area contributed by atoms with Crippen LogP contribution in [0.15, 0.2) is 29.2 Å². The first-order valence-corrected chi connectivity index (χ1v) is 7.95. The molecule has 8 heteroatoms. The fraction of sp³-hybridized carbons (Fsp3) is 0.214. The van der Waals surface area contributed by atoms with E-state index in [2.05, 4.69) is 10.1 Å². The molecule has 112 valence electrons. The normalized spacial score (nSPS) is 14.3. The van der Waals surface area contributed by atoms with Crippen LogP contribution in [0.1, 0.15) is 20.9 Å². The zero-order chi connectivity index (χ0) is 15.3. The number of rotatable bonds is 1. The van der Waals surface area contributed by atoms with Crippen molar-refractivity contribution < 1.29 is 4.79 Å². The van der Waals surface area contributed by atoms with Crippen LogP contribution in [-0.2, 0) is 13.0 Å². The lowest BCUT2D eigenvalue weighted by Gasteiger charge is -2.27. The molecule has 6 nitrogen and oxygen atoms in total. The molecule has 0 saturated heterocycles. The van der Waals surface area contributed by atoms with Crippen LogP contribution in [0.5, 0.6) is 0 Å². The van der Waals surface area contributed by atoms with Gasteiger partial charge in [0.05, 0.1) is 21.5 Å². The number of carbonyl (C=O) groups is 1. The molecule has 1 N–H and O–H groups in total. The second-order valence-corrected chi connectivity index (χ2v) is 6.79. The molecule has 0 radical (unpaired) electrons. The molecule has 0 fully saturated rings. The molecular weight excluding hydrogens is 324 g/mol. The van der Waals surface area contributed by atoms with Crippen LogP contribution in [0.4, 0.5) is 0 Å². The lowest BCUT2D eigenvalue weighted by molar-refractivity contribution is 0.0736. The van der Waals surface area contributed by atoms with Crippen molar-refractivity contribution in [2.24, 2.45) is 0 Å². The van der Waals surface area contributed by atoms with Gasteiger partial charge in [0.2, 0.25) is 0 Å². The maximum Gasteiger partial charge on any atom is 0.276 e. The van der Waals surface area contributed by atoms with Gasteiger partial charge in [-0.25, -0.2) is 9.50 Å². The average molecular weight is 335 g/mol. The van der Waals surface area contributed by atoms with Crippen LogP contribution in [0, 0.1) is 0 Å². The van der Waals surface area contributed by atoms with E-state index in [1.165, 1.54) is 15.9 Å². The highest BCUT2D eigenvalue weighted by atomic mass is 35.5. The lowest BCUT2D eigenvalue weighted by atomic mass is 10.1. The fourth-order valence-electron chi connectivity index (χ4n) is 2.69. The van der Waals surface area contributed by atoms with E-state index >= 15 is 0 Å². The number of nitrogens with zero attached hydrogens (tertiary/aromatic N) is 3. The van der Waals surface area contributed by atoms with Gasteiger partial charge < -0.3 is 4.90 Å². The number of fused-ring (bicyclic) bond motifs is 2. The number of aromatic amines is 1. The Morgan fingerprint density at radius 1 is 1.36 bits per heavy atom.